The first-order valence-corrected chi connectivity index (χ1v) is 6.06. The van der Waals surface area contributed by atoms with Crippen LogP contribution in [-0.2, 0) is 9.53 Å². The number of hydrogen-bond donors (Lipinski definition) is 3. The molecule has 0 radical (unpaired) electrons. The molecule has 2 amide bonds. The Morgan fingerprint density at radius 3 is 2.75 bits per heavy atom. The van der Waals surface area contributed by atoms with Gasteiger partial charge in [-0.3, -0.25) is 0 Å². The number of amides is 2. The number of urea groups is 1. The molecule has 8 heteroatoms. The fourth-order valence-electron chi connectivity index (χ4n) is 1.42. The van der Waals surface area contributed by atoms with Crippen molar-refractivity contribution in [2.75, 3.05) is 19.0 Å². The lowest BCUT2D eigenvalue weighted by molar-refractivity contribution is -0.139. The molecular weight excluding hydrogens is 291 g/mol. The molecule has 0 aliphatic rings. The zero-order chi connectivity index (χ0) is 15.1. The lowest BCUT2D eigenvalue weighted by Gasteiger charge is -2.15. The van der Waals surface area contributed by atoms with Crippen molar-refractivity contribution in [3.05, 3.63) is 29.0 Å². The van der Waals surface area contributed by atoms with Crippen LogP contribution in [-0.4, -0.2) is 36.9 Å². The van der Waals surface area contributed by atoms with E-state index < -0.39 is 23.9 Å². The van der Waals surface area contributed by atoms with Crippen molar-refractivity contribution in [3.63, 3.8) is 0 Å². The van der Waals surface area contributed by atoms with Gasteiger partial charge < -0.3 is 20.5 Å². The highest BCUT2D eigenvalue weighted by atomic mass is 35.5. The second kappa shape index (κ2) is 7.66. The molecule has 0 bridgehead atoms. The number of para-hydroxylation sites is 1. The van der Waals surface area contributed by atoms with E-state index >= 15 is 0 Å². The number of carboxylic acid groups (broad SMARTS) is 1. The highest BCUT2D eigenvalue weighted by Gasteiger charge is 2.20. The number of nitrogens with one attached hydrogen (secondary N) is 2. The normalized spacial score (nSPS) is 11.8. The molecule has 0 saturated carbocycles. The minimum Gasteiger partial charge on any atom is -0.480 e. The number of halogens is 2. The first-order valence-electron chi connectivity index (χ1n) is 5.69. The molecule has 110 valence electrons. The molecule has 0 spiro atoms. The van der Waals surface area contributed by atoms with Gasteiger partial charge in [-0.25, -0.2) is 14.0 Å². The summed E-state index contributed by atoms with van der Waals surface area (Å²) in [5, 5.41) is 13.3. The Bertz CT molecular complexity index is 478. The standard InChI is InChI=1S/C12H14ClFN2O4/c1-20-6-5-9(11(17)18)15-12(19)16-10-7(13)3-2-4-8(10)14/h2-4,9H,5-6H2,1H3,(H,17,18)(H2,15,16,19). The van der Waals surface area contributed by atoms with Gasteiger partial charge in [-0.15, -0.1) is 0 Å². The van der Waals surface area contributed by atoms with E-state index in [1.54, 1.807) is 0 Å². The van der Waals surface area contributed by atoms with Crippen molar-refractivity contribution >= 4 is 29.3 Å². The first-order chi connectivity index (χ1) is 9.45. The van der Waals surface area contributed by atoms with Crippen LogP contribution in [0.3, 0.4) is 0 Å². The zero-order valence-corrected chi connectivity index (χ0v) is 11.4. The number of ether oxygens (including phenoxy) is 1. The summed E-state index contributed by atoms with van der Waals surface area (Å²) >= 11 is 5.74. The molecule has 20 heavy (non-hydrogen) atoms. The Labute approximate surface area is 119 Å². The molecule has 6 nitrogen and oxygen atoms in total. The van der Waals surface area contributed by atoms with E-state index in [0.29, 0.717) is 0 Å². The minimum atomic E-state index is -1.21. The summed E-state index contributed by atoms with van der Waals surface area (Å²) < 4.78 is 18.2. The van der Waals surface area contributed by atoms with E-state index in [-0.39, 0.29) is 23.7 Å². The number of anilines is 1. The van der Waals surface area contributed by atoms with Crippen LogP contribution in [0.2, 0.25) is 5.02 Å². The minimum absolute atomic E-state index is 0.0175. The Morgan fingerprint density at radius 2 is 2.20 bits per heavy atom. The molecule has 0 fully saturated rings. The van der Waals surface area contributed by atoms with Crippen LogP contribution in [0.5, 0.6) is 0 Å². The molecular formula is C12H14ClFN2O4. The molecule has 0 heterocycles. The van der Waals surface area contributed by atoms with Gasteiger partial charge in [-0.2, -0.15) is 0 Å². The molecule has 1 aromatic carbocycles. The first kappa shape index (κ1) is 16.2. The predicted octanol–water partition coefficient (Wildman–Crippen LogP) is 2.09. The van der Waals surface area contributed by atoms with Gasteiger partial charge in [-0.05, 0) is 12.1 Å². The Hall–Kier alpha value is -1.86. The van der Waals surface area contributed by atoms with Crippen molar-refractivity contribution in [1.29, 1.82) is 0 Å². The average Bonchev–Trinajstić information content (AvgIpc) is 2.38. The Morgan fingerprint density at radius 1 is 1.50 bits per heavy atom. The number of hydrogen-bond acceptors (Lipinski definition) is 3. The molecule has 0 saturated heterocycles. The summed E-state index contributed by atoms with van der Waals surface area (Å²) in [6.07, 6.45) is 0.0876. The second-order valence-corrected chi connectivity index (χ2v) is 4.27. The van der Waals surface area contributed by atoms with Crippen LogP contribution in [0.15, 0.2) is 18.2 Å². The van der Waals surface area contributed by atoms with Gasteiger partial charge in [0.05, 0.1) is 10.7 Å². The summed E-state index contributed by atoms with van der Waals surface area (Å²) in [5.74, 6) is -1.92. The summed E-state index contributed by atoms with van der Waals surface area (Å²) in [7, 11) is 1.41. The number of aliphatic carboxylic acids is 1. The third-order valence-electron chi connectivity index (χ3n) is 2.42. The van der Waals surface area contributed by atoms with Gasteiger partial charge >= 0.3 is 12.0 Å². The zero-order valence-electron chi connectivity index (χ0n) is 10.7. The third-order valence-corrected chi connectivity index (χ3v) is 2.73. The topological polar surface area (TPSA) is 87.7 Å². The van der Waals surface area contributed by atoms with Crippen molar-refractivity contribution in [3.8, 4) is 0 Å². The number of carbonyl (C=O) groups is 2. The second-order valence-electron chi connectivity index (χ2n) is 3.87. The van der Waals surface area contributed by atoms with Gasteiger partial charge in [0.25, 0.3) is 0 Å². The van der Waals surface area contributed by atoms with Gasteiger partial charge in [-0.1, -0.05) is 17.7 Å². The summed E-state index contributed by atoms with van der Waals surface area (Å²) in [6.45, 7) is 0.164. The van der Waals surface area contributed by atoms with E-state index in [0.717, 1.165) is 6.07 Å². The van der Waals surface area contributed by atoms with E-state index in [9.17, 15) is 14.0 Å². The summed E-state index contributed by atoms with van der Waals surface area (Å²) in [6, 6.07) is 1.92. The fraction of sp³-hybridized carbons (Fsp3) is 0.333. The maximum absolute atomic E-state index is 13.4. The number of carbonyl (C=O) groups excluding carboxylic acids is 1. The number of methoxy groups -OCH3 is 1. The van der Waals surface area contributed by atoms with Crippen molar-refractivity contribution in [1.82, 2.24) is 5.32 Å². The summed E-state index contributed by atoms with van der Waals surface area (Å²) in [4.78, 5) is 22.6. The van der Waals surface area contributed by atoms with Gasteiger partial charge in [0, 0.05) is 20.1 Å². The molecule has 3 N–H and O–H groups in total. The van der Waals surface area contributed by atoms with Crippen LogP contribution in [0, 0.1) is 5.82 Å². The number of rotatable bonds is 6. The lowest BCUT2D eigenvalue weighted by atomic mass is 10.2. The molecule has 1 unspecified atom stereocenters. The van der Waals surface area contributed by atoms with E-state index in [1.807, 2.05) is 0 Å². The van der Waals surface area contributed by atoms with Crippen molar-refractivity contribution in [2.24, 2.45) is 0 Å². The molecule has 1 aromatic rings. The molecule has 0 aliphatic carbocycles. The largest absolute Gasteiger partial charge is 0.480 e. The van der Waals surface area contributed by atoms with Gasteiger partial charge in [0.15, 0.2) is 0 Å². The van der Waals surface area contributed by atoms with E-state index in [2.05, 4.69) is 10.6 Å². The smallest absolute Gasteiger partial charge is 0.326 e. The maximum atomic E-state index is 13.4. The molecule has 0 aliphatic heterocycles. The predicted molar refractivity (Wildman–Crippen MR) is 71.5 cm³/mol. The number of carboxylic acids is 1. The molecule has 1 rings (SSSR count). The van der Waals surface area contributed by atoms with E-state index in [1.165, 1.54) is 19.2 Å². The van der Waals surface area contributed by atoms with Crippen LogP contribution < -0.4 is 10.6 Å². The van der Waals surface area contributed by atoms with Crippen LogP contribution in [0.25, 0.3) is 0 Å². The quantitative estimate of drug-likeness (QED) is 0.751. The van der Waals surface area contributed by atoms with Crippen LogP contribution in [0.1, 0.15) is 6.42 Å². The third kappa shape index (κ3) is 4.67. The highest BCUT2D eigenvalue weighted by molar-refractivity contribution is 6.33. The summed E-state index contributed by atoms with van der Waals surface area (Å²) in [5.41, 5.74) is -0.206. The highest BCUT2D eigenvalue weighted by Crippen LogP contribution is 2.24. The Kier molecular flexibility index (Phi) is 6.20. The van der Waals surface area contributed by atoms with Crippen molar-refractivity contribution < 1.29 is 23.8 Å². The molecule has 1 atom stereocenters. The lowest BCUT2D eigenvalue weighted by Crippen LogP contribution is -2.43. The number of benzene rings is 1. The fourth-order valence-corrected chi connectivity index (χ4v) is 1.63. The van der Waals surface area contributed by atoms with E-state index in [4.69, 9.17) is 21.4 Å². The molecule has 0 aromatic heterocycles. The average molecular weight is 305 g/mol. The van der Waals surface area contributed by atoms with Crippen LogP contribution >= 0.6 is 11.6 Å². The van der Waals surface area contributed by atoms with Gasteiger partial charge in [0.2, 0.25) is 0 Å². The van der Waals surface area contributed by atoms with Crippen molar-refractivity contribution in [2.45, 2.75) is 12.5 Å². The van der Waals surface area contributed by atoms with Gasteiger partial charge in [0.1, 0.15) is 11.9 Å². The maximum Gasteiger partial charge on any atom is 0.326 e. The Balaban J connectivity index is 2.68. The van der Waals surface area contributed by atoms with Crippen LogP contribution in [0.4, 0.5) is 14.9 Å². The monoisotopic (exact) mass is 304 g/mol. The SMILES string of the molecule is COCCC(NC(=O)Nc1c(F)cccc1Cl)C(=O)O.